The number of hydrogen-bond donors (Lipinski definition) is 3. The number of rotatable bonds is 1. The number of benzene rings is 1. The minimum absolute atomic E-state index is 0.0533. The molecule has 0 bridgehead atoms. The van der Waals surface area contributed by atoms with Gasteiger partial charge in [0, 0.05) is 18.0 Å². The maximum atomic E-state index is 9.33. The van der Waals surface area contributed by atoms with Crippen LogP contribution in [0.5, 0.6) is 5.75 Å². The summed E-state index contributed by atoms with van der Waals surface area (Å²) in [4.78, 5) is 8.04. The van der Waals surface area contributed by atoms with E-state index < -0.39 is 0 Å². The topological polar surface area (TPSA) is 83.0 Å². The van der Waals surface area contributed by atoms with Gasteiger partial charge in [-0.15, -0.1) is 0 Å². The van der Waals surface area contributed by atoms with Gasteiger partial charge in [0.15, 0.2) is 0 Å². The lowest BCUT2D eigenvalue weighted by atomic mass is 10.2. The first kappa shape index (κ1) is 8.55. The highest BCUT2D eigenvalue weighted by molar-refractivity contribution is 6.02. The Morgan fingerprint density at radius 3 is 2.93 bits per heavy atom. The molecule has 4 N–H and O–H groups in total. The molecule has 1 aromatic carbocycles. The number of aromatic hydroxyl groups is 1. The lowest BCUT2D eigenvalue weighted by Crippen LogP contribution is -2.06. The number of hydrogen-bond acceptors (Lipinski definition) is 5. The molecule has 0 amide bonds. The molecule has 1 aromatic rings. The molecule has 1 aliphatic rings. The zero-order chi connectivity index (χ0) is 9.97. The van der Waals surface area contributed by atoms with E-state index in [2.05, 4.69) is 15.3 Å². The van der Waals surface area contributed by atoms with Crippen molar-refractivity contribution < 1.29 is 5.11 Å². The van der Waals surface area contributed by atoms with Crippen molar-refractivity contribution in [2.24, 2.45) is 9.98 Å². The van der Waals surface area contributed by atoms with E-state index in [-0.39, 0.29) is 5.75 Å². The summed E-state index contributed by atoms with van der Waals surface area (Å²) in [5.41, 5.74) is 6.53. The number of nitrogens with two attached hydrogens (primary N) is 1. The maximum Gasteiger partial charge on any atom is 0.222 e. The lowest BCUT2D eigenvalue weighted by molar-refractivity contribution is 0.478. The Balaban J connectivity index is 2.17. The Morgan fingerprint density at radius 2 is 2.29 bits per heavy atom. The van der Waals surface area contributed by atoms with Crippen LogP contribution in [0.25, 0.3) is 0 Å². The molecule has 0 atom stereocenters. The van der Waals surface area contributed by atoms with E-state index in [0.717, 1.165) is 5.69 Å². The molecule has 1 heterocycles. The van der Waals surface area contributed by atoms with Gasteiger partial charge in [0.05, 0.1) is 12.2 Å². The second-order valence-electron chi connectivity index (χ2n) is 2.87. The number of nitrogen functional groups attached to an aromatic ring is 1. The highest BCUT2D eigenvalue weighted by Crippen LogP contribution is 2.23. The van der Waals surface area contributed by atoms with Crippen molar-refractivity contribution >= 4 is 23.5 Å². The summed E-state index contributed by atoms with van der Waals surface area (Å²) in [6.07, 6.45) is 1.71. The molecule has 0 aromatic heterocycles. The molecule has 72 valence electrons. The van der Waals surface area contributed by atoms with Crippen molar-refractivity contribution in [1.82, 2.24) is 0 Å². The van der Waals surface area contributed by atoms with E-state index in [4.69, 9.17) is 5.73 Å². The largest absolute Gasteiger partial charge is 0.506 e. The number of anilines is 2. The van der Waals surface area contributed by atoms with Gasteiger partial charge in [0.2, 0.25) is 5.96 Å². The van der Waals surface area contributed by atoms with Crippen LogP contribution in [0.15, 0.2) is 28.2 Å². The number of phenols is 1. The monoisotopic (exact) mass is 190 g/mol. The third kappa shape index (κ3) is 1.66. The van der Waals surface area contributed by atoms with Gasteiger partial charge in [-0.25, -0.2) is 9.98 Å². The Morgan fingerprint density at radius 1 is 1.43 bits per heavy atom. The van der Waals surface area contributed by atoms with Crippen molar-refractivity contribution in [3.05, 3.63) is 18.2 Å². The van der Waals surface area contributed by atoms with Gasteiger partial charge >= 0.3 is 0 Å². The molecule has 0 saturated heterocycles. The highest BCUT2D eigenvalue weighted by atomic mass is 16.3. The Hall–Kier alpha value is -2.04. The molecule has 0 fully saturated rings. The average Bonchev–Trinajstić information content (AvgIpc) is 2.64. The molecule has 0 saturated carbocycles. The smallest absolute Gasteiger partial charge is 0.222 e. The van der Waals surface area contributed by atoms with Gasteiger partial charge in [-0.3, -0.25) is 0 Å². The minimum Gasteiger partial charge on any atom is -0.506 e. The van der Waals surface area contributed by atoms with Gasteiger partial charge in [-0.2, -0.15) is 0 Å². The number of aliphatic imine (C=N–C) groups is 2. The standard InChI is InChI=1S/C9H10N4O/c10-7-2-1-6(5-8(7)14)13-9-11-3-4-12-9/h1-3,5,14H,4,10H2,(H,12,13). The summed E-state index contributed by atoms with van der Waals surface area (Å²) < 4.78 is 0. The fraction of sp³-hybridized carbons (Fsp3) is 0.111. The molecular weight excluding hydrogens is 180 g/mol. The summed E-state index contributed by atoms with van der Waals surface area (Å²) in [7, 11) is 0. The summed E-state index contributed by atoms with van der Waals surface area (Å²) in [6.45, 7) is 0.600. The first-order valence-electron chi connectivity index (χ1n) is 4.18. The second-order valence-corrected chi connectivity index (χ2v) is 2.87. The van der Waals surface area contributed by atoms with Crippen LogP contribution in [0.2, 0.25) is 0 Å². The number of nitrogens with zero attached hydrogens (tertiary/aromatic N) is 2. The Bertz CT molecular complexity index is 411. The molecular formula is C9H10N4O. The summed E-state index contributed by atoms with van der Waals surface area (Å²) in [6, 6.07) is 4.91. The maximum absolute atomic E-state index is 9.33. The molecule has 14 heavy (non-hydrogen) atoms. The molecule has 0 spiro atoms. The molecule has 0 unspecified atom stereocenters. The van der Waals surface area contributed by atoms with E-state index in [1.165, 1.54) is 6.07 Å². The fourth-order valence-electron chi connectivity index (χ4n) is 1.12. The zero-order valence-corrected chi connectivity index (χ0v) is 7.44. The molecule has 2 rings (SSSR count). The van der Waals surface area contributed by atoms with Gasteiger partial charge in [0.1, 0.15) is 5.75 Å². The van der Waals surface area contributed by atoms with Crippen LogP contribution in [-0.4, -0.2) is 23.8 Å². The van der Waals surface area contributed by atoms with Crippen molar-refractivity contribution in [3.63, 3.8) is 0 Å². The number of guanidine groups is 1. The SMILES string of the molecule is Nc1ccc(NC2=NCC=N2)cc1O. The van der Waals surface area contributed by atoms with E-state index in [9.17, 15) is 5.11 Å². The van der Waals surface area contributed by atoms with Crippen LogP contribution in [0.1, 0.15) is 0 Å². The van der Waals surface area contributed by atoms with Crippen LogP contribution in [0.3, 0.4) is 0 Å². The van der Waals surface area contributed by atoms with Gasteiger partial charge in [-0.05, 0) is 12.1 Å². The predicted octanol–water partition coefficient (Wildman–Crippen LogP) is 0.827. The Labute approximate surface area is 81.0 Å². The van der Waals surface area contributed by atoms with Crippen LogP contribution >= 0.6 is 0 Å². The van der Waals surface area contributed by atoms with Gasteiger partial charge in [-0.1, -0.05) is 0 Å². The van der Waals surface area contributed by atoms with Crippen molar-refractivity contribution in [2.45, 2.75) is 0 Å². The third-order valence-electron chi connectivity index (χ3n) is 1.82. The van der Waals surface area contributed by atoms with Gasteiger partial charge < -0.3 is 16.2 Å². The second kappa shape index (κ2) is 3.37. The first-order valence-corrected chi connectivity index (χ1v) is 4.18. The number of phenolic OH excluding ortho intramolecular Hbond substituents is 1. The molecule has 1 aliphatic heterocycles. The fourth-order valence-corrected chi connectivity index (χ4v) is 1.12. The molecule has 0 radical (unpaired) electrons. The highest BCUT2D eigenvalue weighted by Gasteiger charge is 2.03. The van der Waals surface area contributed by atoms with E-state index >= 15 is 0 Å². The summed E-state index contributed by atoms with van der Waals surface area (Å²) in [5, 5.41) is 12.3. The third-order valence-corrected chi connectivity index (χ3v) is 1.82. The Kier molecular flexibility index (Phi) is 2.06. The average molecular weight is 190 g/mol. The van der Waals surface area contributed by atoms with Crippen LogP contribution in [0, 0.1) is 0 Å². The van der Waals surface area contributed by atoms with Crippen molar-refractivity contribution in [3.8, 4) is 5.75 Å². The van der Waals surface area contributed by atoms with Crippen LogP contribution in [0.4, 0.5) is 11.4 Å². The van der Waals surface area contributed by atoms with Crippen LogP contribution < -0.4 is 11.1 Å². The minimum atomic E-state index is 0.0533. The zero-order valence-electron chi connectivity index (χ0n) is 7.44. The predicted molar refractivity (Wildman–Crippen MR) is 56.9 cm³/mol. The van der Waals surface area contributed by atoms with Crippen molar-refractivity contribution in [2.75, 3.05) is 17.6 Å². The molecule has 5 heteroatoms. The van der Waals surface area contributed by atoms with Crippen LogP contribution in [-0.2, 0) is 0 Å². The van der Waals surface area contributed by atoms with E-state index in [1.54, 1.807) is 18.3 Å². The molecule has 0 aliphatic carbocycles. The van der Waals surface area contributed by atoms with Crippen molar-refractivity contribution in [1.29, 1.82) is 0 Å². The summed E-state index contributed by atoms with van der Waals surface area (Å²) >= 11 is 0. The van der Waals surface area contributed by atoms with E-state index in [1.807, 2.05) is 0 Å². The molecule has 5 nitrogen and oxygen atoms in total. The summed E-state index contributed by atoms with van der Waals surface area (Å²) in [5.74, 6) is 0.603. The lowest BCUT2D eigenvalue weighted by Gasteiger charge is -2.05. The quantitative estimate of drug-likeness (QED) is 0.453. The van der Waals surface area contributed by atoms with Gasteiger partial charge in [0.25, 0.3) is 0 Å². The number of nitrogens with one attached hydrogen (secondary N) is 1. The van der Waals surface area contributed by atoms with E-state index in [0.29, 0.717) is 18.2 Å². The normalized spacial score (nSPS) is 14.1. The first-order chi connectivity index (χ1) is 6.75.